The van der Waals surface area contributed by atoms with Gasteiger partial charge in [0, 0.05) is 38.1 Å². The van der Waals surface area contributed by atoms with Crippen molar-refractivity contribution in [2.24, 2.45) is 10.9 Å². The number of allylic oxidation sites excluding steroid dienone is 1. The molecule has 0 aliphatic carbocycles. The van der Waals surface area contributed by atoms with Crippen LogP contribution in [0, 0.1) is 17.8 Å². The summed E-state index contributed by atoms with van der Waals surface area (Å²) in [5, 5.41) is 34.3. The maximum absolute atomic E-state index is 13.6. The number of aromatic hydroxyl groups is 3. The molecule has 3 heterocycles. The first-order valence-electron chi connectivity index (χ1n) is 17.1. The second-order valence-corrected chi connectivity index (χ2v) is 13.0. The van der Waals surface area contributed by atoms with Gasteiger partial charge in [-0.3, -0.25) is 14.6 Å². The number of hydrogen-bond acceptors (Lipinski definition) is 10. The molecule has 10 nitrogen and oxygen atoms in total. The number of ether oxygens (including phenoxy) is 2. The molecule has 2 bridgehead atoms. The van der Waals surface area contributed by atoms with Gasteiger partial charge in [0.1, 0.15) is 23.5 Å². The molecule has 0 amide bonds. The quantitative estimate of drug-likeness (QED) is 0.130. The zero-order chi connectivity index (χ0) is 35.6. The molecule has 0 spiro atoms. The number of benzene rings is 2. The van der Waals surface area contributed by atoms with Crippen molar-refractivity contribution in [2.45, 2.75) is 76.7 Å². The SMILES string of the molecule is CCC1CCC(OC(C)=O)CC(=O)CC(c2cc(O)c(O)c(OC)c2)C#CCNc2cc(ccn2)C(c2cccc(O)c2)CC2=C(C=NC2)C1. The zero-order valence-corrected chi connectivity index (χ0v) is 28.8. The average Bonchev–Trinajstić information content (AvgIpc) is 3.53. The summed E-state index contributed by atoms with van der Waals surface area (Å²) in [7, 11) is 1.38. The van der Waals surface area contributed by atoms with Crippen molar-refractivity contribution in [3.05, 3.63) is 82.6 Å². The number of anilines is 1. The standard InChI is InChI=1S/C40H45N3O7/c1-4-26-10-11-35(50-25(2)44)22-34(46)16-27(30-19-37(47)40(48)38(20-30)49-3)8-6-13-42-39-21-29(12-14-43-39)36(28-7-5-9-33(45)17-28)18-32-24-41-23-31(32)15-26/h5,7,9,12,14,17,19-21,23,26-27,35-36,45,47-48H,4,10-11,13,15-16,18,22,24H2,1-3H3,(H,42,43). The largest absolute Gasteiger partial charge is 0.508 e. The summed E-state index contributed by atoms with van der Waals surface area (Å²) < 4.78 is 10.9. The number of Topliss-reactive ketones (excluding diaryl/α,β-unsaturated/α-hetero) is 1. The number of nitrogens with zero attached hydrogens (tertiary/aromatic N) is 2. The molecule has 262 valence electrons. The van der Waals surface area contributed by atoms with Crippen LogP contribution in [0.5, 0.6) is 23.0 Å². The van der Waals surface area contributed by atoms with Gasteiger partial charge in [-0.25, -0.2) is 4.98 Å². The third kappa shape index (κ3) is 9.44. The highest BCUT2D eigenvalue weighted by molar-refractivity contribution is 5.83. The van der Waals surface area contributed by atoms with Gasteiger partial charge in [-0.2, -0.15) is 0 Å². The number of hydrogen-bond donors (Lipinski definition) is 4. The van der Waals surface area contributed by atoms with Crippen molar-refractivity contribution < 1.29 is 34.4 Å². The number of carbonyl (C=O) groups is 2. The lowest BCUT2D eigenvalue weighted by atomic mass is 9.83. The van der Waals surface area contributed by atoms with Crippen LogP contribution in [0.25, 0.3) is 0 Å². The molecular weight excluding hydrogens is 634 g/mol. The molecule has 0 radical (unpaired) electrons. The van der Waals surface area contributed by atoms with Crippen LogP contribution in [-0.4, -0.2) is 64.6 Å². The van der Waals surface area contributed by atoms with E-state index in [2.05, 4.69) is 34.1 Å². The molecule has 0 saturated heterocycles. The number of esters is 1. The minimum absolute atomic E-state index is 0.00138. The van der Waals surface area contributed by atoms with E-state index in [4.69, 9.17) is 9.47 Å². The molecule has 10 heteroatoms. The predicted molar refractivity (Wildman–Crippen MR) is 192 cm³/mol. The third-order valence-corrected chi connectivity index (χ3v) is 9.43. The number of phenolic OH excluding ortho intramolecular Hbond substituents is 3. The smallest absolute Gasteiger partial charge is 0.302 e. The fraction of sp³-hybridized carbons (Fsp3) is 0.400. The van der Waals surface area contributed by atoms with Crippen molar-refractivity contribution in [3.8, 4) is 34.8 Å². The Bertz CT molecular complexity index is 1820. The van der Waals surface area contributed by atoms with Crippen molar-refractivity contribution >= 4 is 23.8 Å². The first-order chi connectivity index (χ1) is 24.1. The molecule has 2 aliphatic rings. The summed E-state index contributed by atoms with van der Waals surface area (Å²) in [5.41, 5.74) is 4.97. The molecule has 0 saturated carbocycles. The van der Waals surface area contributed by atoms with Gasteiger partial charge in [0.2, 0.25) is 5.75 Å². The maximum Gasteiger partial charge on any atom is 0.302 e. The van der Waals surface area contributed by atoms with E-state index in [1.165, 1.54) is 31.2 Å². The number of pyridine rings is 1. The summed E-state index contributed by atoms with van der Waals surface area (Å²) in [4.78, 5) is 34.8. The highest BCUT2D eigenvalue weighted by Crippen LogP contribution is 2.40. The van der Waals surface area contributed by atoms with E-state index in [1.807, 2.05) is 30.5 Å². The lowest BCUT2D eigenvalue weighted by Crippen LogP contribution is -2.22. The van der Waals surface area contributed by atoms with E-state index >= 15 is 0 Å². The first kappa shape index (κ1) is 36.0. The Morgan fingerprint density at radius 1 is 1.00 bits per heavy atom. The number of aromatic nitrogens is 1. The summed E-state index contributed by atoms with van der Waals surface area (Å²) in [6.07, 6.45) is 6.91. The van der Waals surface area contributed by atoms with E-state index < -0.39 is 23.7 Å². The molecular formula is C40H45N3O7. The van der Waals surface area contributed by atoms with Gasteiger partial charge in [-0.15, -0.1) is 0 Å². The van der Waals surface area contributed by atoms with Crippen molar-refractivity contribution in [1.29, 1.82) is 0 Å². The normalized spacial score (nSPS) is 21.7. The molecule has 2 aromatic carbocycles. The van der Waals surface area contributed by atoms with Crippen molar-refractivity contribution in [2.75, 3.05) is 25.5 Å². The third-order valence-electron chi connectivity index (χ3n) is 9.43. The Hall–Kier alpha value is -5.30. The minimum atomic E-state index is -0.641. The fourth-order valence-electron chi connectivity index (χ4n) is 6.75. The summed E-state index contributed by atoms with van der Waals surface area (Å²) in [6.45, 7) is 4.33. The zero-order valence-electron chi connectivity index (χ0n) is 28.8. The van der Waals surface area contributed by atoms with Crippen LogP contribution < -0.4 is 10.1 Å². The van der Waals surface area contributed by atoms with Gasteiger partial charge >= 0.3 is 5.97 Å². The number of rotatable bonds is 5. The average molecular weight is 680 g/mol. The minimum Gasteiger partial charge on any atom is -0.508 e. The molecule has 0 fully saturated rings. The first-order valence-corrected chi connectivity index (χ1v) is 17.1. The van der Waals surface area contributed by atoms with Crippen molar-refractivity contribution in [3.63, 3.8) is 0 Å². The topological polar surface area (TPSA) is 151 Å². The Morgan fingerprint density at radius 2 is 1.82 bits per heavy atom. The Balaban J connectivity index is 1.53. The van der Waals surface area contributed by atoms with E-state index in [0.717, 1.165) is 30.4 Å². The maximum atomic E-state index is 13.6. The van der Waals surface area contributed by atoms with E-state index in [1.54, 1.807) is 24.4 Å². The Kier molecular flexibility index (Phi) is 12.2. The van der Waals surface area contributed by atoms with Crippen LogP contribution in [0.4, 0.5) is 5.82 Å². The number of fused-ring (bicyclic) bond motifs is 2. The molecule has 5 rings (SSSR count). The molecule has 4 atom stereocenters. The highest BCUT2D eigenvalue weighted by Gasteiger charge is 2.26. The number of carbonyl (C=O) groups excluding carboxylic acids is 2. The van der Waals surface area contributed by atoms with Gasteiger partial charge in [0.25, 0.3) is 0 Å². The molecule has 2 aliphatic heterocycles. The summed E-state index contributed by atoms with van der Waals surface area (Å²) >= 11 is 0. The fourth-order valence-corrected chi connectivity index (χ4v) is 6.75. The lowest BCUT2D eigenvalue weighted by molar-refractivity contribution is -0.148. The lowest BCUT2D eigenvalue weighted by Gasteiger charge is -2.23. The van der Waals surface area contributed by atoms with Crippen molar-refractivity contribution in [1.82, 2.24) is 4.98 Å². The van der Waals surface area contributed by atoms with Gasteiger partial charge in [-0.05, 0) is 95.8 Å². The molecule has 4 N–H and O–H groups in total. The van der Waals surface area contributed by atoms with Crippen LogP contribution in [-0.2, 0) is 14.3 Å². The van der Waals surface area contributed by atoms with Crippen LogP contribution in [0.3, 0.4) is 0 Å². The Labute approximate surface area is 293 Å². The molecule has 1 aromatic heterocycles. The monoisotopic (exact) mass is 679 g/mol. The van der Waals surface area contributed by atoms with Gasteiger partial charge < -0.3 is 30.1 Å². The summed E-state index contributed by atoms with van der Waals surface area (Å²) in [6, 6.07) is 14.3. The van der Waals surface area contributed by atoms with Gasteiger partial charge in [0.15, 0.2) is 11.5 Å². The number of nitrogens with one attached hydrogen (secondary N) is 1. The van der Waals surface area contributed by atoms with Crippen LogP contribution in [0.1, 0.15) is 87.3 Å². The van der Waals surface area contributed by atoms with Gasteiger partial charge in [-0.1, -0.05) is 37.3 Å². The van der Waals surface area contributed by atoms with Crippen LogP contribution in [0.2, 0.25) is 0 Å². The number of aliphatic imine (C=N–C) groups is 1. The second kappa shape index (κ2) is 16.9. The van der Waals surface area contributed by atoms with E-state index in [9.17, 15) is 24.9 Å². The molecule has 4 unspecified atom stereocenters. The second-order valence-electron chi connectivity index (χ2n) is 13.0. The summed E-state index contributed by atoms with van der Waals surface area (Å²) in [5.74, 6) is 5.40. The van der Waals surface area contributed by atoms with Crippen LogP contribution >= 0.6 is 0 Å². The van der Waals surface area contributed by atoms with E-state index in [0.29, 0.717) is 30.8 Å². The predicted octanol–water partition coefficient (Wildman–Crippen LogP) is 6.80. The molecule has 3 aromatic rings. The number of methoxy groups -OCH3 is 1. The Morgan fingerprint density at radius 3 is 2.58 bits per heavy atom. The number of ketones is 1. The van der Waals surface area contributed by atoms with Crippen LogP contribution in [0.15, 0.2) is 70.9 Å². The molecule has 50 heavy (non-hydrogen) atoms. The van der Waals surface area contributed by atoms with E-state index in [-0.39, 0.29) is 54.3 Å². The number of phenols is 3. The van der Waals surface area contributed by atoms with Gasteiger partial charge in [0.05, 0.1) is 26.1 Å². The highest BCUT2D eigenvalue weighted by atomic mass is 16.5.